The van der Waals surface area contributed by atoms with Crippen LogP contribution in [-0.4, -0.2) is 5.91 Å². The van der Waals surface area contributed by atoms with Gasteiger partial charge in [0, 0.05) is 0 Å². The lowest BCUT2D eigenvalue weighted by Crippen LogP contribution is -2.17. The van der Waals surface area contributed by atoms with Crippen molar-refractivity contribution in [1.82, 2.24) is 0 Å². The van der Waals surface area contributed by atoms with Crippen LogP contribution in [-0.2, 0) is 17.1 Å². The zero-order chi connectivity index (χ0) is 15.6. The number of alkyl halides is 6. The molecular weight excluding hydrogens is 290 g/mol. The second-order valence-corrected chi connectivity index (χ2v) is 3.64. The third-order valence-electron chi connectivity index (χ3n) is 2.17. The fraction of sp³-hybridized carbons (Fsp3) is 0.273. The van der Waals surface area contributed by atoms with E-state index in [-0.39, 0.29) is 6.07 Å². The molecule has 0 aliphatic carbocycles. The molecule has 1 rings (SSSR count). The summed E-state index contributed by atoms with van der Waals surface area (Å²) in [6.45, 7) is 0. The third-order valence-corrected chi connectivity index (χ3v) is 2.17. The molecule has 0 fully saturated rings. The van der Waals surface area contributed by atoms with Crippen molar-refractivity contribution in [2.45, 2.75) is 18.8 Å². The van der Waals surface area contributed by atoms with Crippen LogP contribution in [0.1, 0.15) is 17.5 Å². The topological polar surface area (TPSA) is 52.9 Å². The van der Waals surface area contributed by atoms with Crippen LogP contribution in [0.15, 0.2) is 18.2 Å². The molecule has 108 valence electrons. The fourth-order valence-corrected chi connectivity index (χ4v) is 1.33. The molecule has 0 bridgehead atoms. The molecule has 0 aromatic heterocycles. The first-order chi connectivity index (χ1) is 9.05. The molecular formula is C11H6F6N2O. The lowest BCUT2D eigenvalue weighted by atomic mass is 10.1. The van der Waals surface area contributed by atoms with E-state index in [0.29, 0.717) is 12.1 Å². The highest BCUT2D eigenvalue weighted by atomic mass is 19.4. The van der Waals surface area contributed by atoms with Crippen molar-refractivity contribution in [1.29, 1.82) is 5.26 Å². The first kappa shape index (κ1) is 15.8. The second kappa shape index (κ2) is 5.40. The van der Waals surface area contributed by atoms with Gasteiger partial charge in [0.1, 0.15) is 6.42 Å². The SMILES string of the molecule is N#CCC(=O)Nc1ccc(C(F)(F)F)cc1C(F)(F)F. The second-order valence-electron chi connectivity index (χ2n) is 3.64. The van der Waals surface area contributed by atoms with Crippen LogP contribution in [0.4, 0.5) is 32.0 Å². The molecule has 0 aliphatic rings. The number of nitriles is 1. The van der Waals surface area contributed by atoms with E-state index < -0.39 is 41.5 Å². The highest BCUT2D eigenvalue weighted by molar-refractivity contribution is 5.92. The average molecular weight is 296 g/mol. The summed E-state index contributed by atoms with van der Waals surface area (Å²) in [5.41, 5.74) is -3.94. The van der Waals surface area contributed by atoms with Gasteiger partial charge in [-0.1, -0.05) is 0 Å². The Labute approximate surface area is 108 Å². The Kier molecular flexibility index (Phi) is 4.27. The molecule has 0 heterocycles. The molecule has 0 unspecified atom stereocenters. The fourth-order valence-electron chi connectivity index (χ4n) is 1.33. The molecule has 0 saturated heterocycles. The molecule has 1 aromatic carbocycles. The highest BCUT2D eigenvalue weighted by Crippen LogP contribution is 2.39. The van der Waals surface area contributed by atoms with Crippen LogP contribution in [0.25, 0.3) is 0 Å². The van der Waals surface area contributed by atoms with Crippen molar-refractivity contribution in [3.05, 3.63) is 29.3 Å². The van der Waals surface area contributed by atoms with E-state index in [2.05, 4.69) is 0 Å². The van der Waals surface area contributed by atoms with Crippen molar-refractivity contribution in [3.63, 3.8) is 0 Å². The van der Waals surface area contributed by atoms with Crippen LogP contribution >= 0.6 is 0 Å². The Balaban J connectivity index is 3.26. The molecule has 0 saturated carbocycles. The Morgan fingerprint density at radius 3 is 2.20 bits per heavy atom. The average Bonchev–Trinajstić information content (AvgIpc) is 2.26. The lowest BCUT2D eigenvalue weighted by molar-refractivity contribution is -0.142. The third kappa shape index (κ3) is 3.88. The zero-order valence-corrected chi connectivity index (χ0v) is 9.56. The number of halogens is 6. The van der Waals surface area contributed by atoms with E-state index >= 15 is 0 Å². The molecule has 9 heteroatoms. The van der Waals surface area contributed by atoms with E-state index in [0.717, 1.165) is 0 Å². The number of rotatable bonds is 2. The summed E-state index contributed by atoms with van der Waals surface area (Å²) in [6.07, 6.45) is -10.7. The molecule has 1 N–H and O–H groups in total. The van der Waals surface area contributed by atoms with Gasteiger partial charge >= 0.3 is 12.4 Å². The van der Waals surface area contributed by atoms with Gasteiger partial charge in [0.15, 0.2) is 0 Å². The van der Waals surface area contributed by atoms with Crippen LogP contribution in [0.5, 0.6) is 0 Å². The molecule has 1 aromatic rings. The summed E-state index contributed by atoms with van der Waals surface area (Å²) in [7, 11) is 0. The van der Waals surface area contributed by atoms with Gasteiger partial charge in [-0.05, 0) is 18.2 Å². The van der Waals surface area contributed by atoms with Gasteiger partial charge < -0.3 is 5.32 Å². The monoisotopic (exact) mass is 296 g/mol. The van der Waals surface area contributed by atoms with Crippen molar-refractivity contribution >= 4 is 11.6 Å². The lowest BCUT2D eigenvalue weighted by Gasteiger charge is -2.16. The van der Waals surface area contributed by atoms with Gasteiger partial charge in [0.25, 0.3) is 0 Å². The summed E-state index contributed by atoms with van der Waals surface area (Å²) in [4.78, 5) is 11.1. The van der Waals surface area contributed by atoms with E-state index in [4.69, 9.17) is 5.26 Å². The normalized spacial score (nSPS) is 11.8. The van der Waals surface area contributed by atoms with Gasteiger partial charge in [-0.15, -0.1) is 0 Å². The summed E-state index contributed by atoms with van der Waals surface area (Å²) in [5.74, 6) is -1.04. The zero-order valence-electron chi connectivity index (χ0n) is 9.56. The quantitative estimate of drug-likeness (QED) is 0.848. The van der Waals surface area contributed by atoms with Gasteiger partial charge in [-0.3, -0.25) is 4.79 Å². The largest absolute Gasteiger partial charge is 0.418 e. The van der Waals surface area contributed by atoms with Gasteiger partial charge in [0.05, 0.1) is 22.9 Å². The molecule has 20 heavy (non-hydrogen) atoms. The van der Waals surface area contributed by atoms with Crippen LogP contribution in [0.3, 0.4) is 0 Å². The number of benzene rings is 1. The van der Waals surface area contributed by atoms with Crippen molar-refractivity contribution in [3.8, 4) is 6.07 Å². The maximum atomic E-state index is 12.7. The number of nitrogens with zero attached hydrogens (tertiary/aromatic N) is 1. The predicted octanol–water partition coefficient (Wildman–Crippen LogP) is 3.58. The number of carbonyl (C=O) groups is 1. The van der Waals surface area contributed by atoms with E-state index in [9.17, 15) is 31.1 Å². The highest BCUT2D eigenvalue weighted by Gasteiger charge is 2.38. The van der Waals surface area contributed by atoms with Crippen LogP contribution in [0, 0.1) is 11.3 Å². The number of amides is 1. The van der Waals surface area contributed by atoms with Crippen LogP contribution < -0.4 is 5.32 Å². The van der Waals surface area contributed by atoms with Crippen molar-refractivity contribution < 1.29 is 31.1 Å². The summed E-state index contributed by atoms with van der Waals surface area (Å²) >= 11 is 0. The van der Waals surface area contributed by atoms with E-state index in [1.807, 2.05) is 0 Å². The Morgan fingerprint density at radius 2 is 1.75 bits per heavy atom. The van der Waals surface area contributed by atoms with Crippen LogP contribution in [0.2, 0.25) is 0 Å². The molecule has 0 aliphatic heterocycles. The van der Waals surface area contributed by atoms with E-state index in [1.165, 1.54) is 6.07 Å². The van der Waals surface area contributed by atoms with E-state index in [1.54, 1.807) is 5.32 Å². The summed E-state index contributed by atoms with van der Waals surface area (Å²) < 4.78 is 75.1. The maximum Gasteiger partial charge on any atom is 0.418 e. The number of hydrogen-bond donors (Lipinski definition) is 1. The molecule has 0 radical (unpaired) electrons. The maximum absolute atomic E-state index is 12.7. The van der Waals surface area contributed by atoms with Gasteiger partial charge in [-0.25, -0.2) is 0 Å². The number of carbonyl (C=O) groups excluding carboxylic acids is 1. The molecule has 0 spiro atoms. The number of hydrogen-bond acceptors (Lipinski definition) is 2. The summed E-state index contributed by atoms with van der Waals surface area (Å²) in [5, 5.41) is 9.96. The standard InChI is InChI=1S/C11H6F6N2O/c12-10(13,14)6-1-2-8(19-9(20)3-4-18)7(5-6)11(15,16)17/h1-2,5H,3H2,(H,19,20). The summed E-state index contributed by atoms with van der Waals surface area (Å²) in [6, 6.07) is 2.23. The first-order valence-corrected chi connectivity index (χ1v) is 5.01. The smallest absolute Gasteiger partial charge is 0.325 e. The van der Waals surface area contributed by atoms with Gasteiger partial charge in [-0.2, -0.15) is 31.6 Å². The van der Waals surface area contributed by atoms with Crippen molar-refractivity contribution in [2.75, 3.05) is 5.32 Å². The first-order valence-electron chi connectivity index (χ1n) is 5.01. The number of anilines is 1. The molecule has 1 amide bonds. The van der Waals surface area contributed by atoms with Gasteiger partial charge in [0.2, 0.25) is 5.91 Å². The Hall–Kier alpha value is -2.24. The predicted molar refractivity (Wildman–Crippen MR) is 55.3 cm³/mol. The minimum Gasteiger partial charge on any atom is -0.325 e. The van der Waals surface area contributed by atoms with Crippen molar-refractivity contribution in [2.24, 2.45) is 0 Å². The molecule has 0 atom stereocenters. The number of nitrogens with one attached hydrogen (secondary N) is 1. The Morgan fingerprint density at radius 1 is 1.15 bits per heavy atom. The minimum atomic E-state index is -5.07. The molecule has 3 nitrogen and oxygen atoms in total. The minimum absolute atomic E-state index is 0.0953. The Bertz CT molecular complexity index is 556.